The lowest BCUT2D eigenvalue weighted by Crippen LogP contribution is -2.54. The molecular formula is C14H20N2O4. The Labute approximate surface area is 117 Å². The van der Waals surface area contributed by atoms with E-state index in [1.165, 1.54) is 0 Å². The molecule has 0 radical (unpaired) electrons. The van der Waals surface area contributed by atoms with E-state index in [0.717, 1.165) is 12.8 Å². The molecule has 0 spiro atoms. The number of rotatable bonds is 2. The minimum absolute atomic E-state index is 0.0195. The largest absolute Gasteiger partial charge is 0.481 e. The summed E-state index contributed by atoms with van der Waals surface area (Å²) in [4.78, 5) is 39.0. The van der Waals surface area contributed by atoms with Crippen LogP contribution in [0, 0.1) is 11.8 Å². The van der Waals surface area contributed by atoms with Crippen LogP contribution in [-0.4, -0.2) is 58.4 Å². The normalized spacial score (nSPS) is 33.4. The third kappa shape index (κ3) is 2.17. The van der Waals surface area contributed by atoms with E-state index in [4.69, 9.17) is 0 Å². The molecule has 2 saturated heterocycles. The highest BCUT2D eigenvalue weighted by Gasteiger charge is 2.43. The van der Waals surface area contributed by atoms with Crippen LogP contribution in [-0.2, 0) is 14.4 Å². The molecule has 3 aliphatic rings. The Morgan fingerprint density at radius 2 is 1.85 bits per heavy atom. The Morgan fingerprint density at radius 3 is 2.60 bits per heavy atom. The number of carboxylic acid groups (broad SMARTS) is 1. The molecule has 2 aliphatic heterocycles. The topological polar surface area (TPSA) is 77.9 Å². The summed E-state index contributed by atoms with van der Waals surface area (Å²) < 4.78 is 0. The second-order valence-electron chi connectivity index (χ2n) is 6.05. The molecule has 2 heterocycles. The van der Waals surface area contributed by atoms with E-state index >= 15 is 0 Å². The molecule has 20 heavy (non-hydrogen) atoms. The van der Waals surface area contributed by atoms with Gasteiger partial charge in [-0.1, -0.05) is 6.42 Å². The number of aliphatic carboxylic acids is 1. The monoisotopic (exact) mass is 280 g/mol. The Kier molecular flexibility index (Phi) is 3.40. The van der Waals surface area contributed by atoms with Crippen molar-refractivity contribution in [2.45, 2.75) is 38.1 Å². The first-order valence-electron chi connectivity index (χ1n) is 7.39. The zero-order valence-corrected chi connectivity index (χ0v) is 11.5. The fourth-order valence-electron chi connectivity index (χ4n) is 3.85. The van der Waals surface area contributed by atoms with Gasteiger partial charge in [0.15, 0.2) is 0 Å². The number of nitrogens with zero attached hydrogens (tertiary/aromatic N) is 2. The smallest absolute Gasteiger partial charge is 0.307 e. The van der Waals surface area contributed by atoms with Crippen molar-refractivity contribution in [1.29, 1.82) is 0 Å². The van der Waals surface area contributed by atoms with Crippen molar-refractivity contribution in [3.63, 3.8) is 0 Å². The molecule has 3 rings (SSSR count). The fraction of sp³-hybridized carbons (Fsp3) is 0.786. The maximum atomic E-state index is 12.5. The average molecular weight is 280 g/mol. The van der Waals surface area contributed by atoms with E-state index in [-0.39, 0.29) is 23.8 Å². The molecule has 1 aliphatic carbocycles. The first kappa shape index (κ1) is 13.4. The molecule has 0 bridgehead atoms. The van der Waals surface area contributed by atoms with Crippen LogP contribution in [0.1, 0.15) is 32.1 Å². The van der Waals surface area contributed by atoms with Crippen LogP contribution in [0.4, 0.5) is 0 Å². The quantitative estimate of drug-likeness (QED) is 0.790. The molecule has 1 N–H and O–H groups in total. The lowest BCUT2D eigenvalue weighted by atomic mass is 9.94. The second kappa shape index (κ2) is 5.07. The van der Waals surface area contributed by atoms with Gasteiger partial charge in [-0.05, 0) is 19.3 Å². The predicted molar refractivity (Wildman–Crippen MR) is 69.8 cm³/mol. The van der Waals surface area contributed by atoms with Gasteiger partial charge in [0.25, 0.3) is 0 Å². The maximum Gasteiger partial charge on any atom is 0.307 e. The molecule has 6 heteroatoms. The van der Waals surface area contributed by atoms with Crippen LogP contribution in [0.2, 0.25) is 0 Å². The first-order valence-corrected chi connectivity index (χ1v) is 7.39. The summed E-state index contributed by atoms with van der Waals surface area (Å²) in [6, 6.07) is 0.143. The highest BCUT2D eigenvalue weighted by atomic mass is 16.4. The number of piperazine rings is 1. The lowest BCUT2D eigenvalue weighted by molar-refractivity contribution is -0.150. The molecule has 1 saturated carbocycles. The molecular weight excluding hydrogens is 260 g/mol. The minimum Gasteiger partial charge on any atom is -0.481 e. The summed E-state index contributed by atoms with van der Waals surface area (Å²) in [5.74, 6) is -1.57. The zero-order valence-electron chi connectivity index (χ0n) is 11.5. The van der Waals surface area contributed by atoms with Crippen LogP contribution in [0.3, 0.4) is 0 Å². The third-order valence-corrected chi connectivity index (χ3v) is 4.96. The first-order chi connectivity index (χ1) is 9.58. The van der Waals surface area contributed by atoms with Crippen molar-refractivity contribution in [2.75, 3.05) is 19.6 Å². The Morgan fingerprint density at radius 1 is 1.10 bits per heavy atom. The van der Waals surface area contributed by atoms with Crippen molar-refractivity contribution in [3.05, 3.63) is 0 Å². The van der Waals surface area contributed by atoms with Crippen LogP contribution < -0.4 is 0 Å². The van der Waals surface area contributed by atoms with Gasteiger partial charge in [-0.3, -0.25) is 14.4 Å². The zero-order chi connectivity index (χ0) is 14.3. The average Bonchev–Trinajstić information content (AvgIpc) is 3.05. The van der Waals surface area contributed by atoms with Crippen molar-refractivity contribution < 1.29 is 19.5 Å². The van der Waals surface area contributed by atoms with Gasteiger partial charge in [0, 0.05) is 32.1 Å². The molecule has 110 valence electrons. The van der Waals surface area contributed by atoms with Gasteiger partial charge in [0.2, 0.25) is 11.8 Å². The summed E-state index contributed by atoms with van der Waals surface area (Å²) in [6.45, 7) is 1.72. The molecule has 6 nitrogen and oxygen atoms in total. The highest BCUT2D eigenvalue weighted by molar-refractivity contribution is 5.86. The number of hydrogen-bond acceptors (Lipinski definition) is 3. The number of hydrogen-bond donors (Lipinski definition) is 1. The number of carboxylic acids is 1. The molecule has 3 atom stereocenters. The van der Waals surface area contributed by atoms with Gasteiger partial charge in [0.05, 0.1) is 11.8 Å². The summed E-state index contributed by atoms with van der Waals surface area (Å²) in [5.41, 5.74) is 0. The van der Waals surface area contributed by atoms with Crippen molar-refractivity contribution in [1.82, 2.24) is 9.80 Å². The fourth-order valence-corrected chi connectivity index (χ4v) is 3.85. The second-order valence-corrected chi connectivity index (χ2v) is 6.05. The van der Waals surface area contributed by atoms with E-state index in [9.17, 15) is 19.5 Å². The standard InChI is InChI=1S/C14H20N2O4/c17-12-5-4-9-8-15(6-7-16(9)12)13(18)10-2-1-3-11(10)14(19)20/h9-11H,1-8H2,(H,19,20)/t9?,10-,11+/m1/s1. The Balaban J connectivity index is 1.66. The predicted octanol–water partition coefficient (Wildman–Crippen LogP) is 0.320. The van der Waals surface area contributed by atoms with Crippen LogP contribution >= 0.6 is 0 Å². The van der Waals surface area contributed by atoms with Gasteiger partial charge >= 0.3 is 5.97 Å². The van der Waals surface area contributed by atoms with E-state index in [1.807, 2.05) is 4.90 Å². The lowest BCUT2D eigenvalue weighted by Gasteiger charge is -2.39. The Bertz CT molecular complexity index is 450. The SMILES string of the molecule is O=C(O)[C@H]1CCC[C@H]1C(=O)N1CCN2C(=O)CCC2C1. The van der Waals surface area contributed by atoms with Crippen LogP contribution in [0.15, 0.2) is 0 Å². The number of amides is 2. The van der Waals surface area contributed by atoms with Gasteiger partial charge in [-0.25, -0.2) is 0 Å². The van der Waals surface area contributed by atoms with E-state index in [2.05, 4.69) is 0 Å². The number of fused-ring (bicyclic) bond motifs is 1. The van der Waals surface area contributed by atoms with Crippen molar-refractivity contribution >= 4 is 17.8 Å². The molecule has 1 unspecified atom stereocenters. The molecule has 0 aromatic rings. The van der Waals surface area contributed by atoms with Gasteiger partial charge in [-0.15, -0.1) is 0 Å². The third-order valence-electron chi connectivity index (χ3n) is 4.96. The molecule has 3 fully saturated rings. The van der Waals surface area contributed by atoms with Crippen molar-refractivity contribution in [3.8, 4) is 0 Å². The van der Waals surface area contributed by atoms with E-state index in [1.54, 1.807) is 4.90 Å². The summed E-state index contributed by atoms with van der Waals surface area (Å²) in [5, 5.41) is 9.19. The van der Waals surface area contributed by atoms with Crippen LogP contribution in [0.5, 0.6) is 0 Å². The van der Waals surface area contributed by atoms with Gasteiger partial charge < -0.3 is 14.9 Å². The maximum absolute atomic E-state index is 12.5. The molecule has 2 amide bonds. The van der Waals surface area contributed by atoms with E-state index in [0.29, 0.717) is 38.9 Å². The summed E-state index contributed by atoms with van der Waals surface area (Å²) >= 11 is 0. The van der Waals surface area contributed by atoms with Crippen molar-refractivity contribution in [2.24, 2.45) is 11.8 Å². The highest BCUT2D eigenvalue weighted by Crippen LogP contribution is 2.34. The summed E-state index contributed by atoms with van der Waals surface area (Å²) in [6.07, 6.45) is 3.49. The molecule has 0 aromatic heterocycles. The Hall–Kier alpha value is -1.59. The van der Waals surface area contributed by atoms with Gasteiger partial charge in [-0.2, -0.15) is 0 Å². The number of carbonyl (C=O) groups is 3. The minimum atomic E-state index is -0.851. The number of carbonyl (C=O) groups excluding carboxylic acids is 2. The van der Waals surface area contributed by atoms with Crippen LogP contribution in [0.25, 0.3) is 0 Å². The summed E-state index contributed by atoms with van der Waals surface area (Å²) in [7, 11) is 0. The van der Waals surface area contributed by atoms with E-state index < -0.39 is 11.9 Å². The molecule has 0 aromatic carbocycles. The van der Waals surface area contributed by atoms with Gasteiger partial charge in [0.1, 0.15) is 0 Å².